The molecule has 0 amide bonds. The van der Waals surface area contributed by atoms with Crippen molar-refractivity contribution >= 4 is 21.9 Å². The van der Waals surface area contributed by atoms with Crippen LogP contribution in [0.3, 0.4) is 0 Å². The first-order valence-corrected chi connectivity index (χ1v) is 15.6. The quantitative estimate of drug-likeness (QED) is 0.206. The third kappa shape index (κ3) is 4.72. The van der Waals surface area contributed by atoms with Gasteiger partial charge in [0.05, 0.1) is 17.2 Å². The summed E-state index contributed by atoms with van der Waals surface area (Å²) in [5, 5.41) is 12.0. The summed E-state index contributed by atoms with van der Waals surface area (Å²) in [7, 11) is 1.90. The van der Waals surface area contributed by atoms with Gasteiger partial charge >= 0.3 is 0 Å². The molecule has 0 N–H and O–H groups in total. The maximum absolute atomic E-state index is 10.2. The Hall–Kier alpha value is -3.90. The van der Waals surface area contributed by atoms with Gasteiger partial charge in [-0.25, -0.2) is 4.57 Å². The fourth-order valence-electron chi connectivity index (χ4n) is 7.75. The molecule has 0 atom stereocenters. The normalized spacial score (nSPS) is 23.2. The van der Waals surface area contributed by atoms with Gasteiger partial charge in [0.2, 0.25) is 5.69 Å². The van der Waals surface area contributed by atoms with Gasteiger partial charge in [-0.1, -0.05) is 68.5 Å². The minimum Gasteiger partial charge on any atom is -0.454 e. The van der Waals surface area contributed by atoms with E-state index < -0.39 is 12.7 Å². The molecule has 0 saturated heterocycles. The van der Waals surface area contributed by atoms with E-state index in [1.165, 1.54) is 32.1 Å². The smallest absolute Gasteiger partial charge is 0.216 e. The Balaban J connectivity index is 1.28. The largest absolute Gasteiger partial charge is 0.454 e. The third-order valence-electron chi connectivity index (χ3n) is 10.1. The third-order valence-corrected chi connectivity index (χ3v) is 10.1. The van der Waals surface area contributed by atoms with E-state index in [1.54, 1.807) is 18.3 Å². The molecular formula is C39H41N2O+. The molecule has 3 nitrogen and oxygen atoms in total. The Labute approximate surface area is 255 Å². The molecule has 2 saturated carbocycles. The zero-order valence-electron chi connectivity index (χ0n) is 28.7. The first-order valence-electron chi connectivity index (χ1n) is 17.6. The van der Waals surface area contributed by atoms with Crippen LogP contribution in [-0.2, 0) is 7.05 Å². The van der Waals surface area contributed by atoms with Crippen LogP contribution < -0.4 is 4.57 Å². The number of furan rings is 1. The van der Waals surface area contributed by atoms with Crippen LogP contribution in [0.4, 0.5) is 0 Å². The van der Waals surface area contributed by atoms with Crippen molar-refractivity contribution in [3.63, 3.8) is 0 Å². The van der Waals surface area contributed by atoms with E-state index in [2.05, 4.69) is 18.2 Å². The topological polar surface area (TPSA) is 40.8 Å². The lowest BCUT2D eigenvalue weighted by Crippen LogP contribution is -2.30. The molecule has 0 spiro atoms. The Morgan fingerprint density at radius 1 is 0.833 bits per heavy atom. The van der Waals surface area contributed by atoms with Crippen LogP contribution in [0, 0.1) is 36.9 Å². The van der Waals surface area contributed by atoms with Crippen LogP contribution in [0.15, 0.2) is 71.3 Å². The number of benzene rings is 3. The molecule has 7 rings (SSSR count). The van der Waals surface area contributed by atoms with E-state index in [1.807, 2.05) is 54.9 Å². The second kappa shape index (κ2) is 11.1. The molecule has 212 valence electrons. The van der Waals surface area contributed by atoms with Crippen LogP contribution in [0.25, 0.3) is 44.3 Å². The van der Waals surface area contributed by atoms with E-state index in [9.17, 15) is 6.63 Å². The highest BCUT2D eigenvalue weighted by atomic mass is 16.3. The number of nitriles is 1. The molecule has 2 heterocycles. The van der Waals surface area contributed by atoms with Gasteiger partial charge in [0.1, 0.15) is 18.2 Å². The molecule has 42 heavy (non-hydrogen) atoms. The molecule has 2 aromatic heterocycles. The van der Waals surface area contributed by atoms with E-state index in [0.29, 0.717) is 16.7 Å². The fraction of sp³-hybridized carbons (Fsp3) is 0.385. The van der Waals surface area contributed by atoms with Crippen molar-refractivity contribution < 1.29 is 14.5 Å². The lowest BCUT2D eigenvalue weighted by Gasteiger charge is -2.36. The summed E-state index contributed by atoms with van der Waals surface area (Å²) in [6.45, 7) is -0.226. The van der Waals surface area contributed by atoms with Gasteiger partial charge in [0, 0.05) is 34.0 Å². The zero-order chi connectivity index (χ0) is 32.2. The summed E-state index contributed by atoms with van der Waals surface area (Å²) in [6.07, 6.45) is 12.7. The van der Waals surface area contributed by atoms with Crippen molar-refractivity contribution in [1.29, 1.82) is 5.26 Å². The minimum atomic E-state index is -2.23. The Bertz CT molecular complexity index is 1970. The summed E-state index contributed by atoms with van der Waals surface area (Å²) in [5.74, 6) is 1.05. The number of aromatic nitrogens is 1. The second-order valence-corrected chi connectivity index (χ2v) is 12.5. The van der Waals surface area contributed by atoms with Crippen molar-refractivity contribution in [2.45, 2.75) is 77.5 Å². The SMILES string of the molecule is [2H]C([2H])([2H])c1cc[n+](C)c(-c2c(C)ccc3c2oc2c(-c4ccc(C5([2H])CCC(C6CCCCC6)CC5)cc4)c(C#N)ccc23)c1. The summed E-state index contributed by atoms with van der Waals surface area (Å²) in [4.78, 5) is 0. The van der Waals surface area contributed by atoms with Gasteiger partial charge in [-0.15, -0.1) is 0 Å². The summed E-state index contributed by atoms with van der Waals surface area (Å²) < 4.78 is 42.0. The van der Waals surface area contributed by atoms with E-state index in [4.69, 9.17) is 8.53 Å². The maximum atomic E-state index is 10.2. The Kier molecular flexibility index (Phi) is 5.97. The van der Waals surface area contributed by atoms with Crippen LogP contribution in [0.5, 0.6) is 0 Å². The van der Waals surface area contributed by atoms with Crippen molar-refractivity contribution in [2.75, 3.05) is 0 Å². The maximum Gasteiger partial charge on any atom is 0.216 e. The molecule has 3 heteroatoms. The average Bonchev–Trinajstić information content (AvgIpc) is 3.43. The Morgan fingerprint density at radius 2 is 1.52 bits per heavy atom. The van der Waals surface area contributed by atoms with Crippen molar-refractivity contribution in [3.05, 3.63) is 89.1 Å². The molecule has 2 fully saturated rings. The highest BCUT2D eigenvalue weighted by Crippen LogP contribution is 2.45. The average molecular weight is 558 g/mol. The molecule has 3 aromatic carbocycles. The first kappa shape index (κ1) is 22.7. The van der Waals surface area contributed by atoms with Crippen molar-refractivity contribution in [2.24, 2.45) is 18.9 Å². The number of hydrogen-bond acceptors (Lipinski definition) is 2. The van der Waals surface area contributed by atoms with E-state index in [0.717, 1.165) is 81.8 Å². The monoisotopic (exact) mass is 557 g/mol. The minimum absolute atomic E-state index is 0.273. The first-order chi connectivity index (χ1) is 22.1. The van der Waals surface area contributed by atoms with Gasteiger partial charge in [0.25, 0.3) is 0 Å². The molecule has 0 unspecified atom stereocenters. The lowest BCUT2D eigenvalue weighted by molar-refractivity contribution is -0.660. The predicted molar refractivity (Wildman–Crippen MR) is 171 cm³/mol. The van der Waals surface area contributed by atoms with E-state index >= 15 is 0 Å². The van der Waals surface area contributed by atoms with Crippen LogP contribution >= 0.6 is 0 Å². The molecule has 2 aliphatic carbocycles. The predicted octanol–water partition coefficient (Wildman–Crippen LogP) is 10.1. The van der Waals surface area contributed by atoms with E-state index in [-0.39, 0.29) is 5.56 Å². The van der Waals surface area contributed by atoms with Gasteiger partial charge in [0.15, 0.2) is 6.20 Å². The number of fused-ring (bicyclic) bond motifs is 3. The Morgan fingerprint density at radius 3 is 2.24 bits per heavy atom. The van der Waals surface area contributed by atoms with Gasteiger partial charge in [-0.2, -0.15) is 5.26 Å². The van der Waals surface area contributed by atoms with Gasteiger partial charge < -0.3 is 4.42 Å². The number of nitrogens with zero attached hydrogens (tertiary/aromatic N) is 2. The van der Waals surface area contributed by atoms with Crippen LogP contribution in [0.2, 0.25) is 0 Å². The number of hydrogen-bond donors (Lipinski definition) is 0. The summed E-state index contributed by atoms with van der Waals surface area (Å²) >= 11 is 0. The lowest BCUT2D eigenvalue weighted by atomic mass is 9.70. The number of pyridine rings is 1. The molecule has 0 bridgehead atoms. The molecule has 0 aliphatic heterocycles. The highest BCUT2D eigenvalue weighted by molar-refractivity contribution is 6.14. The summed E-state index contributed by atoms with van der Waals surface area (Å²) in [6, 6.07) is 21.9. The zero-order valence-corrected chi connectivity index (χ0v) is 24.7. The fourth-order valence-corrected chi connectivity index (χ4v) is 7.75. The second-order valence-electron chi connectivity index (χ2n) is 12.5. The van der Waals surface area contributed by atoms with Crippen LogP contribution in [0.1, 0.15) is 91.4 Å². The molecule has 0 radical (unpaired) electrons. The number of aryl methyl sites for hydroxylation is 3. The van der Waals surface area contributed by atoms with Gasteiger partial charge in [-0.3, -0.25) is 0 Å². The highest BCUT2D eigenvalue weighted by Gasteiger charge is 2.29. The molecular weight excluding hydrogens is 512 g/mol. The summed E-state index contributed by atoms with van der Waals surface area (Å²) in [5.41, 5.74) is 7.34. The standard InChI is InChI=1S/C39H41N2O/c1-25-21-22-41(3)35(23-25)36-26(2)9-19-33-34-20-18-32(24-40)37(39(34)42-38(33)36)31-16-14-30(15-17-31)29-12-10-28(11-13-29)27-7-5-4-6-8-27/h9,14-23,27-29H,4-8,10-13H2,1-3H3/q+1/i1D3,29D. The number of rotatable bonds is 4. The van der Waals surface area contributed by atoms with Crippen molar-refractivity contribution in [1.82, 2.24) is 0 Å². The van der Waals surface area contributed by atoms with Gasteiger partial charge in [-0.05, 0) is 91.6 Å². The molecule has 5 aromatic rings. The van der Waals surface area contributed by atoms with Crippen molar-refractivity contribution in [3.8, 4) is 28.5 Å². The molecule has 2 aliphatic rings. The van der Waals surface area contributed by atoms with Crippen LogP contribution in [-0.4, -0.2) is 0 Å².